The molecular formula is C14H13N5O3. The molecule has 2 N–H and O–H groups in total. The lowest BCUT2D eigenvalue weighted by atomic mass is 10.2. The van der Waals surface area contributed by atoms with Crippen molar-refractivity contribution in [3.8, 4) is 0 Å². The van der Waals surface area contributed by atoms with Gasteiger partial charge in [-0.05, 0) is 12.5 Å². The van der Waals surface area contributed by atoms with Gasteiger partial charge < -0.3 is 9.72 Å². The Labute approximate surface area is 124 Å². The van der Waals surface area contributed by atoms with E-state index in [1.807, 2.05) is 30.3 Å². The van der Waals surface area contributed by atoms with Crippen molar-refractivity contribution >= 4 is 17.7 Å². The number of rotatable bonds is 3. The predicted octanol–water partition coefficient (Wildman–Crippen LogP) is 1.47. The summed E-state index contributed by atoms with van der Waals surface area (Å²) >= 11 is 0. The van der Waals surface area contributed by atoms with Crippen molar-refractivity contribution in [1.82, 2.24) is 19.6 Å². The van der Waals surface area contributed by atoms with Gasteiger partial charge in [0.1, 0.15) is 6.61 Å². The van der Waals surface area contributed by atoms with E-state index >= 15 is 0 Å². The molecular weight excluding hydrogens is 286 g/mol. The number of amides is 1. The molecule has 0 unspecified atom stereocenters. The molecule has 0 aliphatic heterocycles. The van der Waals surface area contributed by atoms with Crippen molar-refractivity contribution in [3.63, 3.8) is 0 Å². The Kier molecular flexibility index (Phi) is 3.57. The number of nitrogens with zero attached hydrogens (tertiary/aromatic N) is 3. The molecule has 1 amide bonds. The smallest absolute Gasteiger partial charge is 0.414 e. The Morgan fingerprint density at radius 3 is 2.86 bits per heavy atom. The van der Waals surface area contributed by atoms with Crippen molar-refractivity contribution in [3.05, 3.63) is 58.1 Å². The number of aryl methyl sites for hydroxylation is 1. The third kappa shape index (κ3) is 2.66. The normalized spacial score (nSPS) is 10.6. The Morgan fingerprint density at radius 1 is 1.32 bits per heavy atom. The number of hydrogen-bond acceptors (Lipinski definition) is 5. The number of aromatic amines is 1. The lowest BCUT2D eigenvalue weighted by molar-refractivity contribution is 0.155. The molecule has 112 valence electrons. The van der Waals surface area contributed by atoms with E-state index in [1.54, 1.807) is 6.92 Å². The second-order valence-electron chi connectivity index (χ2n) is 4.65. The lowest BCUT2D eigenvalue weighted by Crippen LogP contribution is -2.22. The Morgan fingerprint density at radius 2 is 2.09 bits per heavy atom. The van der Waals surface area contributed by atoms with Gasteiger partial charge in [0.15, 0.2) is 5.65 Å². The zero-order chi connectivity index (χ0) is 15.5. The zero-order valence-electron chi connectivity index (χ0n) is 11.7. The largest absolute Gasteiger partial charge is 0.444 e. The number of hydrogen-bond donors (Lipinski definition) is 2. The average Bonchev–Trinajstić information content (AvgIpc) is 2.95. The lowest BCUT2D eigenvalue weighted by Gasteiger charge is -2.05. The molecule has 0 aliphatic carbocycles. The molecule has 2 aromatic heterocycles. The van der Waals surface area contributed by atoms with Gasteiger partial charge in [-0.25, -0.2) is 14.0 Å². The number of fused-ring (bicyclic) bond motifs is 1. The van der Waals surface area contributed by atoms with E-state index in [2.05, 4.69) is 20.5 Å². The van der Waals surface area contributed by atoms with Crippen molar-refractivity contribution < 1.29 is 9.53 Å². The van der Waals surface area contributed by atoms with Crippen LogP contribution in [-0.2, 0) is 11.3 Å². The molecule has 3 aromatic rings. The molecule has 0 spiro atoms. The molecule has 0 atom stereocenters. The van der Waals surface area contributed by atoms with Crippen LogP contribution in [0.15, 0.2) is 41.3 Å². The summed E-state index contributed by atoms with van der Waals surface area (Å²) in [5, 5.41) is 10.1. The van der Waals surface area contributed by atoms with E-state index < -0.39 is 11.8 Å². The highest BCUT2D eigenvalue weighted by atomic mass is 16.5. The highest BCUT2D eigenvalue weighted by Gasteiger charge is 2.13. The van der Waals surface area contributed by atoms with Gasteiger partial charge in [0.2, 0.25) is 5.95 Å². The Hall–Kier alpha value is -3.16. The molecule has 0 saturated heterocycles. The first-order valence-corrected chi connectivity index (χ1v) is 6.56. The SMILES string of the molecule is Cc1c[nH]c(=O)n2c(NC(=O)OCc3ccccc3)nnc12. The van der Waals surface area contributed by atoms with Gasteiger partial charge in [0.25, 0.3) is 0 Å². The van der Waals surface area contributed by atoms with E-state index in [1.165, 1.54) is 10.6 Å². The van der Waals surface area contributed by atoms with E-state index in [0.29, 0.717) is 5.65 Å². The Balaban J connectivity index is 1.75. The summed E-state index contributed by atoms with van der Waals surface area (Å²) in [5.41, 5.74) is 1.53. The summed E-state index contributed by atoms with van der Waals surface area (Å²) in [4.78, 5) is 26.1. The van der Waals surface area contributed by atoms with Crippen LogP contribution in [0.3, 0.4) is 0 Å². The second-order valence-corrected chi connectivity index (χ2v) is 4.65. The molecule has 3 rings (SSSR count). The molecule has 8 nitrogen and oxygen atoms in total. The topological polar surface area (TPSA) is 101 Å². The second kappa shape index (κ2) is 5.68. The van der Waals surface area contributed by atoms with Crippen LogP contribution in [0.2, 0.25) is 0 Å². The summed E-state index contributed by atoms with van der Waals surface area (Å²) in [6.07, 6.45) is 0.822. The summed E-state index contributed by atoms with van der Waals surface area (Å²) in [5.74, 6) is 0.0120. The number of ether oxygens (including phenoxy) is 1. The molecule has 2 heterocycles. The Bertz CT molecular complexity index is 869. The van der Waals surface area contributed by atoms with Gasteiger partial charge in [-0.2, -0.15) is 0 Å². The van der Waals surface area contributed by atoms with Crippen LogP contribution in [0, 0.1) is 6.92 Å². The summed E-state index contributed by atoms with van der Waals surface area (Å²) in [6, 6.07) is 9.26. The highest BCUT2D eigenvalue weighted by molar-refractivity contribution is 5.82. The van der Waals surface area contributed by atoms with E-state index in [0.717, 1.165) is 11.1 Å². The maximum atomic E-state index is 11.8. The minimum atomic E-state index is -0.709. The molecule has 1 aromatic carbocycles. The minimum Gasteiger partial charge on any atom is -0.444 e. The van der Waals surface area contributed by atoms with Crippen LogP contribution in [0.5, 0.6) is 0 Å². The van der Waals surface area contributed by atoms with Crippen LogP contribution in [0.1, 0.15) is 11.1 Å². The summed E-state index contributed by atoms with van der Waals surface area (Å²) in [7, 11) is 0. The van der Waals surface area contributed by atoms with Crippen molar-refractivity contribution in [2.75, 3.05) is 5.32 Å². The van der Waals surface area contributed by atoms with Crippen LogP contribution in [0.25, 0.3) is 5.65 Å². The minimum absolute atomic E-state index is 0.0120. The standard InChI is InChI=1S/C14H13N5O3/c1-9-7-15-13(20)19-11(9)17-18-12(19)16-14(21)22-8-10-5-3-2-4-6-10/h2-7H,8H2,1H3,(H,15,20)(H,16,18,21). The van der Waals surface area contributed by atoms with Crippen LogP contribution < -0.4 is 11.0 Å². The first-order valence-electron chi connectivity index (χ1n) is 6.56. The van der Waals surface area contributed by atoms with Crippen LogP contribution >= 0.6 is 0 Å². The van der Waals surface area contributed by atoms with Crippen LogP contribution in [0.4, 0.5) is 10.7 Å². The predicted molar refractivity (Wildman–Crippen MR) is 78.6 cm³/mol. The number of benzene rings is 1. The maximum Gasteiger partial charge on any atom is 0.414 e. The average molecular weight is 299 g/mol. The van der Waals surface area contributed by atoms with Crippen molar-refractivity contribution in [1.29, 1.82) is 0 Å². The fourth-order valence-corrected chi connectivity index (χ4v) is 1.96. The third-order valence-electron chi connectivity index (χ3n) is 3.06. The number of carbonyl (C=O) groups excluding carboxylic acids is 1. The zero-order valence-corrected chi connectivity index (χ0v) is 11.7. The number of aromatic nitrogens is 4. The highest BCUT2D eigenvalue weighted by Crippen LogP contribution is 2.09. The number of H-pyrrole nitrogens is 1. The molecule has 8 heteroatoms. The van der Waals surface area contributed by atoms with Gasteiger partial charge in [-0.3, -0.25) is 5.32 Å². The molecule has 0 saturated carbocycles. The van der Waals surface area contributed by atoms with E-state index in [-0.39, 0.29) is 12.6 Å². The van der Waals surface area contributed by atoms with Gasteiger partial charge in [-0.1, -0.05) is 30.3 Å². The summed E-state index contributed by atoms with van der Waals surface area (Å²) in [6.45, 7) is 1.90. The molecule has 0 radical (unpaired) electrons. The van der Waals surface area contributed by atoms with Gasteiger partial charge >= 0.3 is 11.8 Å². The fourth-order valence-electron chi connectivity index (χ4n) is 1.96. The van der Waals surface area contributed by atoms with E-state index in [9.17, 15) is 9.59 Å². The van der Waals surface area contributed by atoms with Gasteiger partial charge in [-0.15, -0.1) is 10.2 Å². The number of nitrogens with one attached hydrogen (secondary N) is 2. The molecule has 22 heavy (non-hydrogen) atoms. The van der Waals surface area contributed by atoms with Gasteiger partial charge in [0, 0.05) is 11.8 Å². The molecule has 0 bridgehead atoms. The third-order valence-corrected chi connectivity index (χ3v) is 3.06. The van der Waals surface area contributed by atoms with Crippen molar-refractivity contribution in [2.45, 2.75) is 13.5 Å². The maximum absolute atomic E-state index is 11.8. The first kappa shape index (κ1) is 13.8. The summed E-state index contributed by atoms with van der Waals surface area (Å²) < 4.78 is 6.26. The first-order chi connectivity index (χ1) is 10.6. The molecule has 0 fully saturated rings. The van der Waals surface area contributed by atoms with Gasteiger partial charge in [0.05, 0.1) is 0 Å². The van der Waals surface area contributed by atoms with E-state index in [4.69, 9.17) is 4.74 Å². The molecule has 0 aliphatic rings. The number of carbonyl (C=O) groups is 1. The van der Waals surface area contributed by atoms with Crippen LogP contribution in [-0.4, -0.2) is 25.7 Å². The van der Waals surface area contributed by atoms with Crippen molar-refractivity contribution in [2.24, 2.45) is 0 Å². The quantitative estimate of drug-likeness (QED) is 0.762. The monoisotopic (exact) mass is 299 g/mol. The number of anilines is 1. The fraction of sp³-hybridized carbons (Fsp3) is 0.143.